The van der Waals surface area contributed by atoms with Crippen LogP contribution in [-0.2, 0) is 14.0 Å². The smallest absolute Gasteiger partial charge is 0.330 e. The third-order valence-corrected chi connectivity index (χ3v) is 12.8. The summed E-state index contributed by atoms with van der Waals surface area (Å²) < 4.78 is 23.4. The molecule has 4 rings (SSSR count). The lowest BCUT2D eigenvalue weighted by Crippen LogP contribution is -2.44. The first-order valence-corrected chi connectivity index (χ1v) is 16.2. The molecule has 1 saturated heterocycles. The Kier molecular flexibility index (Phi) is 7.68. The summed E-state index contributed by atoms with van der Waals surface area (Å²) >= 11 is 0. The average molecular weight is 531 g/mol. The number of benzene rings is 1. The van der Waals surface area contributed by atoms with Gasteiger partial charge in [0.2, 0.25) is 0 Å². The second-order valence-corrected chi connectivity index (χ2v) is 16.8. The van der Waals surface area contributed by atoms with Gasteiger partial charge in [0.25, 0.3) is 5.91 Å². The second kappa shape index (κ2) is 10.3. The molecule has 1 aromatic carbocycles. The van der Waals surface area contributed by atoms with E-state index >= 15 is 0 Å². The molecule has 1 aliphatic carbocycles. The van der Waals surface area contributed by atoms with Crippen molar-refractivity contribution < 1.29 is 28.2 Å². The van der Waals surface area contributed by atoms with Crippen LogP contribution >= 0.6 is 0 Å². The SMILES string of the molecule is CCOC(=O)/C=C/C1(COc2cc3c(cc2OC)C(=O)N2C[C@H](O[Si](C)(C)C(C)(C)C)C[C@H]2CN3)CC1. The van der Waals surface area contributed by atoms with Crippen LogP contribution in [0.2, 0.25) is 18.1 Å². The van der Waals surface area contributed by atoms with Crippen LogP contribution in [0.15, 0.2) is 24.3 Å². The van der Waals surface area contributed by atoms with E-state index in [1.165, 1.54) is 6.08 Å². The highest BCUT2D eigenvalue weighted by atomic mass is 28.4. The van der Waals surface area contributed by atoms with Gasteiger partial charge in [-0.25, -0.2) is 4.79 Å². The van der Waals surface area contributed by atoms with Crippen molar-refractivity contribution in [1.82, 2.24) is 4.90 Å². The van der Waals surface area contributed by atoms with E-state index in [2.05, 4.69) is 39.2 Å². The van der Waals surface area contributed by atoms with E-state index in [-0.39, 0.29) is 34.5 Å². The largest absolute Gasteiger partial charge is 0.493 e. The van der Waals surface area contributed by atoms with Crippen molar-refractivity contribution in [3.8, 4) is 11.5 Å². The molecule has 0 spiro atoms. The van der Waals surface area contributed by atoms with Crippen molar-refractivity contribution in [3.05, 3.63) is 29.8 Å². The van der Waals surface area contributed by atoms with Gasteiger partial charge >= 0.3 is 5.97 Å². The molecule has 0 unspecified atom stereocenters. The predicted molar refractivity (Wildman–Crippen MR) is 146 cm³/mol. The van der Waals surface area contributed by atoms with Gasteiger partial charge < -0.3 is 28.9 Å². The van der Waals surface area contributed by atoms with Crippen LogP contribution in [0.4, 0.5) is 5.69 Å². The van der Waals surface area contributed by atoms with Crippen molar-refractivity contribution >= 4 is 25.9 Å². The highest BCUT2D eigenvalue weighted by molar-refractivity contribution is 6.74. The maximum absolute atomic E-state index is 13.6. The van der Waals surface area contributed by atoms with Gasteiger partial charge in [0, 0.05) is 30.6 Å². The lowest BCUT2D eigenvalue weighted by atomic mass is 10.1. The first-order valence-electron chi connectivity index (χ1n) is 13.3. The van der Waals surface area contributed by atoms with Crippen LogP contribution in [0.3, 0.4) is 0 Å². The molecule has 1 N–H and O–H groups in total. The summed E-state index contributed by atoms with van der Waals surface area (Å²) in [6.45, 7) is 15.1. The number of ether oxygens (including phenoxy) is 3. The summed E-state index contributed by atoms with van der Waals surface area (Å²) in [6.07, 6.45) is 6.15. The normalized spacial score (nSPS) is 22.7. The minimum atomic E-state index is -1.92. The molecule has 2 aliphatic heterocycles. The number of hydrogen-bond acceptors (Lipinski definition) is 7. The molecule has 1 aromatic rings. The molecular weight excluding hydrogens is 488 g/mol. The first kappa shape index (κ1) is 27.5. The number of esters is 1. The highest BCUT2D eigenvalue weighted by Gasteiger charge is 2.45. The quantitative estimate of drug-likeness (QED) is 0.273. The van der Waals surface area contributed by atoms with Gasteiger partial charge in [0.05, 0.1) is 43.7 Å². The van der Waals surface area contributed by atoms with Gasteiger partial charge in [0.1, 0.15) is 0 Å². The monoisotopic (exact) mass is 530 g/mol. The minimum Gasteiger partial charge on any atom is -0.493 e. The number of amides is 1. The Labute approximate surface area is 221 Å². The second-order valence-electron chi connectivity index (χ2n) is 12.0. The van der Waals surface area contributed by atoms with Crippen molar-refractivity contribution in [2.75, 3.05) is 38.7 Å². The van der Waals surface area contributed by atoms with Crippen molar-refractivity contribution in [3.63, 3.8) is 0 Å². The topological polar surface area (TPSA) is 86.3 Å². The Morgan fingerprint density at radius 1 is 1.24 bits per heavy atom. The van der Waals surface area contributed by atoms with E-state index < -0.39 is 8.32 Å². The number of methoxy groups -OCH3 is 1. The molecule has 0 bridgehead atoms. The summed E-state index contributed by atoms with van der Waals surface area (Å²) in [5.41, 5.74) is 1.17. The molecule has 2 atom stereocenters. The van der Waals surface area contributed by atoms with Crippen molar-refractivity contribution in [1.29, 1.82) is 0 Å². The van der Waals surface area contributed by atoms with Gasteiger partial charge in [-0.15, -0.1) is 0 Å². The van der Waals surface area contributed by atoms with E-state index in [9.17, 15) is 9.59 Å². The Hall–Kier alpha value is -2.52. The van der Waals surface area contributed by atoms with Crippen LogP contribution in [0, 0.1) is 5.41 Å². The van der Waals surface area contributed by atoms with Gasteiger partial charge in [-0.05, 0) is 50.4 Å². The minimum absolute atomic E-state index is 0.00721. The van der Waals surface area contributed by atoms with Crippen LogP contribution in [-0.4, -0.2) is 70.7 Å². The number of carbonyl (C=O) groups excluding carboxylic acids is 2. The zero-order chi connectivity index (χ0) is 27.0. The van der Waals surface area contributed by atoms with Crippen molar-refractivity contribution in [2.45, 2.75) is 77.2 Å². The third-order valence-electron chi connectivity index (χ3n) is 8.23. The van der Waals surface area contributed by atoms with Gasteiger partial charge in [0.15, 0.2) is 19.8 Å². The van der Waals surface area contributed by atoms with Crippen LogP contribution in [0.25, 0.3) is 0 Å². The fourth-order valence-electron chi connectivity index (χ4n) is 4.71. The lowest BCUT2D eigenvalue weighted by Gasteiger charge is -2.38. The zero-order valence-electron chi connectivity index (χ0n) is 23.3. The molecule has 2 fully saturated rings. The van der Waals surface area contributed by atoms with Gasteiger partial charge in [-0.3, -0.25) is 4.79 Å². The number of nitrogens with one attached hydrogen (secondary N) is 1. The fourth-order valence-corrected chi connectivity index (χ4v) is 6.07. The van der Waals surface area contributed by atoms with E-state index in [0.717, 1.165) is 24.9 Å². The summed E-state index contributed by atoms with van der Waals surface area (Å²) in [4.78, 5) is 27.3. The first-order chi connectivity index (χ1) is 17.4. The summed E-state index contributed by atoms with van der Waals surface area (Å²) in [5, 5.41) is 3.61. The van der Waals surface area contributed by atoms with Gasteiger partial charge in [-0.1, -0.05) is 26.8 Å². The van der Waals surface area contributed by atoms with E-state index in [4.69, 9.17) is 18.6 Å². The zero-order valence-corrected chi connectivity index (χ0v) is 24.3. The number of hydrogen-bond donors (Lipinski definition) is 1. The molecule has 1 saturated carbocycles. The maximum atomic E-state index is 13.6. The Morgan fingerprint density at radius 3 is 2.59 bits per heavy atom. The molecule has 1 amide bonds. The molecule has 9 heteroatoms. The Morgan fingerprint density at radius 2 is 1.97 bits per heavy atom. The standard InChI is InChI=1S/C28H42N2O6Si/c1-8-34-25(31)9-10-28(11-12-28)18-35-24-15-22-21(14-23(24)33-5)26(32)30-17-20(13-19(30)16-29-22)36-37(6,7)27(2,3)4/h9-10,14-15,19-20,29H,8,11-13,16-18H2,1-7H3/b10-9+/t19-,20+/m0/s1. The molecule has 2 heterocycles. The number of nitrogens with zero attached hydrogens (tertiary/aromatic N) is 1. The average Bonchev–Trinajstić information content (AvgIpc) is 3.52. The van der Waals surface area contributed by atoms with Crippen LogP contribution < -0.4 is 14.8 Å². The Balaban J connectivity index is 1.47. The highest BCUT2D eigenvalue weighted by Crippen LogP contribution is 2.48. The molecule has 8 nitrogen and oxygen atoms in total. The molecule has 3 aliphatic rings. The summed E-state index contributed by atoms with van der Waals surface area (Å²) in [7, 11) is -0.343. The number of fused-ring (bicyclic) bond motifs is 2. The molecule has 204 valence electrons. The van der Waals surface area contributed by atoms with Crippen molar-refractivity contribution in [2.24, 2.45) is 5.41 Å². The lowest BCUT2D eigenvalue weighted by molar-refractivity contribution is -0.137. The van der Waals surface area contributed by atoms with E-state index in [1.54, 1.807) is 20.1 Å². The summed E-state index contributed by atoms with van der Waals surface area (Å²) in [5.74, 6) is 0.758. The molecule has 0 aromatic heterocycles. The van der Waals surface area contributed by atoms with E-state index in [0.29, 0.717) is 43.4 Å². The molecule has 0 radical (unpaired) electrons. The number of carbonyl (C=O) groups is 2. The molecular formula is C28H42N2O6Si. The third kappa shape index (κ3) is 5.98. The van der Waals surface area contributed by atoms with E-state index in [1.807, 2.05) is 17.0 Å². The maximum Gasteiger partial charge on any atom is 0.330 e. The molecule has 37 heavy (non-hydrogen) atoms. The predicted octanol–water partition coefficient (Wildman–Crippen LogP) is 5.00. The summed E-state index contributed by atoms with van der Waals surface area (Å²) in [6, 6.07) is 3.72. The van der Waals surface area contributed by atoms with Gasteiger partial charge in [-0.2, -0.15) is 0 Å². The Bertz CT molecular complexity index is 1060. The fraction of sp³-hybridized carbons (Fsp3) is 0.643. The van der Waals surface area contributed by atoms with Crippen LogP contribution in [0.5, 0.6) is 11.5 Å². The van der Waals surface area contributed by atoms with Crippen LogP contribution in [0.1, 0.15) is 57.3 Å². The number of rotatable bonds is 9. The number of anilines is 1.